The number of amides is 1. The van der Waals surface area contributed by atoms with Crippen molar-refractivity contribution in [3.05, 3.63) is 28.2 Å². The lowest BCUT2D eigenvalue weighted by atomic mass is 10.2. The van der Waals surface area contributed by atoms with Crippen LogP contribution in [0.25, 0.3) is 0 Å². The number of hydrogen-bond donors (Lipinski definition) is 2. The maximum atomic E-state index is 11.4. The highest BCUT2D eigenvalue weighted by Crippen LogP contribution is 2.27. The molecule has 0 aliphatic rings. The molecule has 0 aliphatic heterocycles. The van der Waals surface area contributed by atoms with Crippen molar-refractivity contribution < 1.29 is 14.6 Å². The van der Waals surface area contributed by atoms with Crippen LogP contribution < -0.4 is 5.32 Å². The summed E-state index contributed by atoms with van der Waals surface area (Å²) in [4.78, 5) is 11.4. The van der Waals surface area contributed by atoms with Gasteiger partial charge in [-0.25, -0.2) is 4.79 Å². The van der Waals surface area contributed by atoms with Crippen LogP contribution in [0.5, 0.6) is 5.75 Å². The topological polar surface area (TPSA) is 58.6 Å². The minimum atomic E-state index is -0.524. The molecule has 5 heteroatoms. The third-order valence-electron chi connectivity index (χ3n) is 2.85. The lowest BCUT2D eigenvalue weighted by molar-refractivity contribution is 0.0523. The van der Waals surface area contributed by atoms with Gasteiger partial charge in [0.1, 0.15) is 11.4 Å². The van der Waals surface area contributed by atoms with Crippen LogP contribution in [0.2, 0.25) is 0 Å². The maximum Gasteiger partial charge on any atom is 0.407 e. The minimum absolute atomic E-state index is 0.128. The van der Waals surface area contributed by atoms with Gasteiger partial charge in [0, 0.05) is 12.1 Å². The Morgan fingerprint density at radius 2 is 1.78 bits per heavy atom. The molecule has 0 saturated carbocycles. The fraction of sp³-hybridized carbons (Fsp3) is 0.611. The molecule has 2 N–H and O–H groups in total. The standard InChI is InChI=1S/C12H16BrNO3.C6H14/c1-12(2,3)17-11(16)14-7-8-5-4-6-9(13)10(8)15;1-3-5-6-4-2/h4-6,15H,7H2,1-3H3,(H,14,16);3-6H2,1-2H3. The van der Waals surface area contributed by atoms with Crippen LogP contribution in [0.4, 0.5) is 4.79 Å². The molecule has 0 heterocycles. The number of carbonyl (C=O) groups is 1. The van der Waals surface area contributed by atoms with E-state index in [2.05, 4.69) is 35.1 Å². The summed E-state index contributed by atoms with van der Waals surface area (Å²) < 4.78 is 5.68. The van der Waals surface area contributed by atoms with Crippen molar-refractivity contribution in [1.29, 1.82) is 0 Å². The van der Waals surface area contributed by atoms with Gasteiger partial charge < -0.3 is 15.2 Å². The van der Waals surface area contributed by atoms with Gasteiger partial charge in [0.05, 0.1) is 4.47 Å². The van der Waals surface area contributed by atoms with E-state index in [9.17, 15) is 9.90 Å². The van der Waals surface area contributed by atoms with Crippen LogP contribution in [0.3, 0.4) is 0 Å². The highest BCUT2D eigenvalue weighted by Gasteiger charge is 2.16. The summed E-state index contributed by atoms with van der Waals surface area (Å²) in [5.41, 5.74) is 0.105. The lowest BCUT2D eigenvalue weighted by Crippen LogP contribution is -2.32. The highest BCUT2D eigenvalue weighted by molar-refractivity contribution is 9.10. The van der Waals surface area contributed by atoms with E-state index in [1.54, 1.807) is 39.0 Å². The summed E-state index contributed by atoms with van der Waals surface area (Å²) in [5, 5.41) is 12.3. The number of rotatable bonds is 5. The van der Waals surface area contributed by atoms with Gasteiger partial charge in [-0.1, -0.05) is 51.7 Å². The first-order chi connectivity index (χ1) is 10.7. The first-order valence-corrected chi connectivity index (χ1v) is 8.93. The number of para-hydroxylation sites is 1. The van der Waals surface area contributed by atoms with Crippen molar-refractivity contribution >= 4 is 22.0 Å². The van der Waals surface area contributed by atoms with Crippen LogP contribution in [0.1, 0.15) is 65.9 Å². The first kappa shape index (κ1) is 21.8. The Morgan fingerprint density at radius 1 is 1.22 bits per heavy atom. The third-order valence-corrected chi connectivity index (χ3v) is 3.49. The van der Waals surface area contributed by atoms with Crippen molar-refractivity contribution in [3.63, 3.8) is 0 Å². The van der Waals surface area contributed by atoms with E-state index < -0.39 is 11.7 Å². The number of alkyl carbamates (subject to hydrolysis) is 1. The van der Waals surface area contributed by atoms with Gasteiger partial charge in [0.15, 0.2) is 0 Å². The molecule has 1 amide bonds. The number of phenolic OH excluding ortho intramolecular Hbond substituents is 1. The Balaban J connectivity index is 0.000000688. The second kappa shape index (κ2) is 11.3. The number of hydrogen-bond acceptors (Lipinski definition) is 3. The molecule has 132 valence electrons. The number of ether oxygens (including phenoxy) is 1. The summed E-state index contributed by atoms with van der Waals surface area (Å²) in [5.74, 6) is 0.128. The van der Waals surface area contributed by atoms with Crippen LogP contribution in [-0.2, 0) is 11.3 Å². The lowest BCUT2D eigenvalue weighted by Gasteiger charge is -2.19. The number of carbonyl (C=O) groups excluding carboxylic acids is 1. The van der Waals surface area contributed by atoms with E-state index in [4.69, 9.17) is 4.74 Å². The van der Waals surface area contributed by atoms with Crippen LogP contribution >= 0.6 is 15.9 Å². The van der Waals surface area contributed by atoms with E-state index >= 15 is 0 Å². The Kier molecular flexibility index (Phi) is 10.7. The van der Waals surface area contributed by atoms with Gasteiger partial charge in [-0.05, 0) is 42.8 Å². The molecule has 0 aromatic heterocycles. The van der Waals surface area contributed by atoms with E-state index in [0.717, 1.165) is 0 Å². The molecule has 0 saturated heterocycles. The molecule has 0 unspecified atom stereocenters. The van der Waals surface area contributed by atoms with Gasteiger partial charge in [0.25, 0.3) is 0 Å². The smallest absolute Gasteiger partial charge is 0.407 e. The zero-order valence-electron chi connectivity index (χ0n) is 14.9. The summed E-state index contributed by atoms with van der Waals surface area (Å²) in [6.07, 6.45) is 5.03. The molecule has 0 bridgehead atoms. The number of aromatic hydroxyl groups is 1. The fourth-order valence-corrected chi connectivity index (χ4v) is 2.09. The minimum Gasteiger partial charge on any atom is -0.506 e. The second-order valence-corrected chi connectivity index (χ2v) is 7.16. The quantitative estimate of drug-likeness (QED) is 0.630. The van der Waals surface area contributed by atoms with Gasteiger partial charge in [-0.15, -0.1) is 0 Å². The van der Waals surface area contributed by atoms with E-state index in [-0.39, 0.29) is 12.3 Å². The maximum absolute atomic E-state index is 11.4. The van der Waals surface area contributed by atoms with E-state index in [1.807, 2.05) is 0 Å². The predicted octanol–water partition coefficient (Wildman–Crippen LogP) is 5.77. The average molecular weight is 388 g/mol. The van der Waals surface area contributed by atoms with Crippen molar-refractivity contribution in [3.8, 4) is 5.75 Å². The van der Waals surface area contributed by atoms with Crippen molar-refractivity contribution in [2.75, 3.05) is 0 Å². The zero-order valence-corrected chi connectivity index (χ0v) is 16.5. The van der Waals surface area contributed by atoms with Crippen molar-refractivity contribution in [2.45, 2.75) is 72.4 Å². The Hall–Kier alpha value is -1.23. The first-order valence-electron chi connectivity index (χ1n) is 8.14. The van der Waals surface area contributed by atoms with E-state index in [0.29, 0.717) is 10.0 Å². The third kappa shape index (κ3) is 11.0. The number of benzene rings is 1. The van der Waals surface area contributed by atoms with Crippen molar-refractivity contribution in [2.24, 2.45) is 0 Å². The van der Waals surface area contributed by atoms with Gasteiger partial charge in [-0.3, -0.25) is 0 Å². The van der Waals surface area contributed by atoms with Crippen LogP contribution in [0.15, 0.2) is 22.7 Å². The largest absolute Gasteiger partial charge is 0.506 e. The number of unbranched alkanes of at least 4 members (excludes halogenated alkanes) is 3. The highest BCUT2D eigenvalue weighted by atomic mass is 79.9. The molecular formula is C18H30BrNO3. The average Bonchev–Trinajstić information content (AvgIpc) is 2.45. The Labute approximate surface area is 148 Å². The summed E-state index contributed by atoms with van der Waals surface area (Å²) in [7, 11) is 0. The van der Waals surface area contributed by atoms with Crippen LogP contribution in [-0.4, -0.2) is 16.8 Å². The molecular weight excluding hydrogens is 358 g/mol. The molecule has 0 fully saturated rings. The number of halogens is 1. The summed E-state index contributed by atoms with van der Waals surface area (Å²) in [6, 6.07) is 5.25. The van der Waals surface area contributed by atoms with Gasteiger partial charge in [-0.2, -0.15) is 0 Å². The molecule has 0 spiro atoms. The van der Waals surface area contributed by atoms with Gasteiger partial charge >= 0.3 is 6.09 Å². The van der Waals surface area contributed by atoms with Crippen LogP contribution in [0, 0.1) is 0 Å². The molecule has 0 atom stereocenters. The Morgan fingerprint density at radius 3 is 2.26 bits per heavy atom. The zero-order chi connectivity index (χ0) is 17.9. The normalized spacial score (nSPS) is 10.5. The molecule has 1 rings (SSSR count). The Bertz CT molecular complexity index is 466. The van der Waals surface area contributed by atoms with Crippen molar-refractivity contribution in [1.82, 2.24) is 5.32 Å². The van der Waals surface area contributed by atoms with Gasteiger partial charge in [0.2, 0.25) is 0 Å². The molecule has 4 nitrogen and oxygen atoms in total. The fourth-order valence-electron chi connectivity index (χ4n) is 1.68. The monoisotopic (exact) mass is 387 g/mol. The number of phenols is 1. The van der Waals surface area contributed by atoms with E-state index in [1.165, 1.54) is 25.7 Å². The predicted molar refractivity (Wildman–Crippen MR) is 98.7 cm³/mol. The molecule has 0 radical (unpaired) electrons. The molecule has 1 aromatic rings. The SMILES string of the molecule is CC(C)(C)OC(=O)NCc1cccc(Br)c1O.CCCCCC. The summed E-state index contributed by atoms with van der Waals surface area (Å²) >= 11 is 3.21. The summed E-state index contributed by atoms with van der Waals surface area (Å²) in [6.45, 7) is 10.1. The number of nitrogens with one attached hydrogen (secondary N) is 1. The molecule has 0 aliphatic carbocycles. The molecule has 1 aromatic carbocycles. The molecule has 23 heavy (non-hydrogen) atoms. The second-order valence-electron chi connectivity index (χ2n) is 6.31.